The van der Waals surface area contributed by atoms with Crippen molar-refractivity contribution in [2.24, 2.45) is 0 Å². The number of piperidine rings is 1. The summed E-state index contributed by atoms with van der Waals surface area (Å²) < 4.78 is 0. The van der Waals surface area contributed by atoms with E-state index < -0.39 is 0 Å². The Morgan fingerprint density at radius 3 is 2.27 bits per heavy atom. The molecule has 0 bridgehead atoms. The van der Waals surface area contributed by atoms with Crippen LogP contribution in [0.1, 0.15) is 53.4 Å². The standard InChI is InChI=1S/C13H28N2/c1-5-6-12(4)14-13-7-9-15(10-8-13)11(2)3/h11-14H,5-10H2,1-4H3. The summed E-state index contributed by atoms with van der Waals surface area (Å²) in [6.45, 7) is 11.7. The predicted octanol–water partition coefficient (Wildman–Crippen LogP) is 2.64. The van der Waals surface area contributed by atoms with Crippen molar-refractivity contribution in [3.63, 3.8) is 0 Å². The van der Waals surface area contributed by atoms with Gasteiger partial charge in [0.15, 0.2) is 0 Å². The van der Waals surface area contributed by atoms with Crippen molar-refractivity contribution in [3.05, 3.63) is 0 Å². The van der Waals surface area contributed by atoms with Crippen molar-refractivity contribution < 1.29 is 0 Å². The van der Waals surface area contributed by atoms with Crippen LogP contribution < -0.4 is 5.32 Å². The molecule has 0 aromatic carbocycles. The van der Waals surface area contributed by atoms with Gasteiger partial charge in [-0.15, -0.1) is 0 Å². The van der Waals surface area contributed by atoms with E-state index in [0.29, 0.717) is 6.04 Å². The van der Waals surface area contributed by atoms with Crippen molar-refractivity contribution in [2.75, 3.05) is 13.1 Å². The molecule has 15 heavy (non-hydrogen) atoms. The zero-order chi connectivity index (χ0) is 11.3. The molecule has 1 fully saturated rings. The smallest absolute Gasteiger partial charge is 0.00938 e. The maximum atomic E-state index is 3.75. The lowest BCUT2D eigenvalue weighted by Crippen LogP contribution is -2.47. The van der Waals surface area contributed by atoms with Crippen LogP contribution in [-0.4, -0.2) is 36.1 Å². The second kappa shape index (κ2) is 6.49. The summed E-state index contributed by atoms with van der Waals surface area (Å²) in [5.41, 5.74) is 0. The fraction of sp³-hybridized carbons (Fsp3) is 1.00. The zero-order valence-corrected chi connectivity index (χ0v) is 10.9. The molecule has 1 unspecified atom stereocenters. The molecule has 1 aliphatic heterocycles. The molecule has 2 heteroatoms. The topological polar surface area (TPSA) is 15.3 Å². The summed E-state index contributed by atoms with van der Waals surface area (Å²) in [4.78, 5) is 2.59. The molecule has 1 N–H and O–H groups in total. The number of nitrogens with zero attached hydrogens (tertiary/aromatic N) is 1. The molecule has 1 aliphatic rings. The van der Waals surface area contributed by atoms with Crippen molar-refractivity contribution >= 4 is 0 Å². The highest BCUT2D eigenvalue weighted by Gasteiger charge is 2.21. The van der Waals surface area contributed by atoms with Crippen molar-refractivity contribution in [2.45, 2.75) is 71.5 Å². The van der Waals surface area contributed by atoms with Crippen LogP contribution in [-0.2, 0) is 0 Å². The van der Waals surface area contributed by atoms with E-state index in [0.717, 1.165) is 12.1 Å². The lowest BCUT2D eigenvalue weighted by atomic mass is 10.0. The van der Waals surface area contributed by atoms with Gasteiger partial charge in [0.2, 0.25) is 0 Å². The molecule has 0 amide bonds. The minimum absolute atomic E-state index is 0.700. The van der Waals surface area contributed by atoms with Gasteiger partial charge < -0.3 is 10.2 Å². The van der Waals surface area contributed by atoms with Crippen LogP contribution in [0.15, 0.2) is 0 Å². The molecule has 2 nitrogen and oxygen atoms in total. The lowest BCUT2D eigenvalue weighted by molar-refractivity contribution is 0.156. The first kappa shape index (κ1) is 13.0. The van der Waals surface area contributed by atoms with Crippen LogP contribution in [0.2, 0.25) is 0 Å². The normalized spacial score (nSPS) is 22.2. The van der Waals surface area contributed by atoms with Crippen molar-refractivity contribution in [1.29, 1.82) is 0 Å². The Labute approximate surface area is 95.4 Å². The third-order valence-corrected chi connectivity index (χ3v) is 3.50. The first-order valence-electron chi connectivity index (χ1n) is 6.63. The molecule has 1 heterocycles. The minimum Gasteiger partial charge on any atom is -0.311 e. The maximum absolute atomic E-state index is 3.75. The summed E-state index contributed by atoms with van der Waals surface area (Å²) in [6.07, 6.45) is 5.25. The van der Waals surface area contributed by atoms with Gasteiger partial charge in [0.1, 0.15) is 0 Å². The highest BCUT2D eigenvalue weighted by Crippen LogP contribution is 2.14. The quantitative estimate of drug-likeness (QED) is 0.753. The highest BCUT2D eigenvalue weighted by molar-refractivity contribution is 4.80. The Morgan fingerprint density at radius 2 is 1.80 bits per heavy atom. The van der Waals surface area contributed by atoms with Gasteiger partial charge >= 0.3 is 0 Å². The van der Waals surface area contributed by atoms with Crippen LogP contribution in [0.3, 0.4) is 0 Å². The van der Waals surface area contributed by atoms with Crippen LogP contribution >= 0.6 is 0 Å². The Morgan fingerprint density at radius 1 is 1.20 bits per heavy atom. The monoisotopic (exact) mass is 212 g/mol. The molecule has 1 atom stereocenters. The summed E-state index contributed by atoms with van der Waals surface area (Å²) in [5, 5.41) is 3.75. The van der Waals surface area contributed by atoms with E-state index in [2.05, 4.69) is 37.9 Å². The van der Waals surface area contributed by atoms with Gasteiger partial charge in [-0.3, -0.25) is 0 Å². The molecular formula is C13H28N2. The van der Waals surface area contributed by atoms with Gasteiger partial charge in [0.05, 0.1) is 0 Å². The molecular weight excluding hydrogens is 184 g/mol. The SMILES string of the molecule is CCCC(C)NC1CCN(C(C)C)CC1. The van der Waals surface area contributed by atoms with Gasteiger partial charge in [-0.05, 0) is 53.1 Å². The average molecular weight is 212 g/mol. The number of hydrogen-bond acceptors (Lipinski definition) is 2. The molecule has 0 aromatic rings. The zero-order valence-electron chi connectivity index (χ0n) is 10.9. The van der Waals surface area contributed by atoms with Crippen LogP contribution in [0.4, 0.5) is 0 Å². The van der Waals surface area contributed by atoms with E-state index in [-0.39, 0.29) is 0 Å². The summed E-state index contributed by atoms with van der Waals surface area (Å²) in [6, 6.07) is 2.19. The van der Waals surface area contributed by atoms with Gasteiger partial charge in [-0.1, -0.05) is 13.3 Å². The van der Waals surface area contributed by atoms with Crippen LogP contribution in [0, 0.1) is 0 Å². The Hall–Kier alpha value is -0.0800. The fourth-order valence-corrected chi connectivity index (χ4v) is 2.50. The highest BCUT2D eigenvalue weighted by atomic mass is 15.2. The summed E-state index contributed by atoms with van der Waals surface area (Å²) in [5.74, 6) is 0. The number of rotatable bonds is 5. The van der Waals surface area contributed by atoms with Gasteiger partial charge in [0, 0.05) is 18.1 Å². The first-order valence-corrected chi connectivity index (χ1v) is 6.63. The molecule has 0 spiro atoms. The molecule has 0 radical (unpaired) electrons. The molecule has 90 valence electrons. The summed E-state index contributed by atoms with van der Waals surface area (Å²) in [7, 11) is 0. The average Bonchev–Trinajstić information content (AvgIpc) is 2.18. The largest absolute Gasteiger partial charge is 0.311 e. The third-order valence-electron chi connectivity index (χ3n) is 3.50. The van der Waals surface area contributed by atoms with Crippen molar-refractivity contribution in [3.8, 4) is 0 Å². The Kier molecular flexibility index (Phi) is 5.62. The first-order chi connectivity index (χ1) is 7.13. The predicted molar refractivity (Wildman–Crippen MR) is 67.2 cm³/mol. The number of likely N-dealkylation sites (tertiary alicyclic amines) is 1. The fourth-order valence-electron chi connectivity index (χ4n) is 2.50. The Balaban J connectivity index is 2.19. The lowest BCUT2D eigenvalue weighted by Gasteiger charge is -2.36. The van der Waals surface area contributed by atoms with Gasteiger partial charge in [-0.25, -0.2) is 0 Å². The summed E-state index contributed by atoms with van der Waals surface area (Å²) >= 11 is 0. The molecule has 1 saturated heterocycles. The maximum Gasteiger partial charge on any atom is 0.00938 e. The minimum atomic E-state index is 0.700. The number of hydrogen-bond donors (Lipinski definition) is 1. The van der Waals surface area contributed by atoms with E-state index >= 15 is 0 Å². The van der Waals surface area contributed by atoms with E-state index in [1.54, 1.807) is 0 Å². The second-order valence-corrected chi connectivity index (χ2v) is 5.26. The molecule has 0 saturated carbocycles. The van der Waals surface area contributed by atoms with Gasteiger partial charge in [0.25, 0.3) is 0 Å². The molecule has 1 rings (SSSR count). The van der Waals surface area contributed by atoms with Crippen molar-refractivity contribution in [1.82, 2.24) is 10.2 Å². The van der Waals surface area contributed by atoms with E-state index in [1.807, 2.05) is 0 Å². The van der Waals surface area contributed by atoms with E-state index in [1.165, 1.54) is 38.8 Å². The molecule has 0 aliphatic carbocycles. The second-order valence-electron chi connectivity index (χ2n) is 5.26. The third kappa shape index (κ3) is 4.52. The van der Waals surface area contributed by atoms with Crippen LogP contribution in [0.5, 0.6) is 0 Å². The molecule has 0 aromatic heterocycles. The van der Waals surface area contributed by atoms with Crippen LogP contribution in [0.25, 0.3) is 0 Å². The van der Waals surface area contributed by atoms with Gasteiger partial charge in [-0.2, -0.15) is 0 Å². The Bertz CT molecular complexity index is 160. The van der Waals surface area contributed by atoms with E-state index in [9.17, 15) is 0 Å². The van der Waals surface area contributed by atoms with E-state index in [4.69, 9.17) is 0 Å². The number of nitrogens with one attached hydrogen (secondary N) is 1.